The number of amides is 1. The molecular weight excluding hydrogens is 308 g/mol. The summed E-state index contributed by atoms with van der Waals surface area (Å²) in [6.07, 6.45) is 1.75. The van der Waals surface area contributed by atoms with E-state index in [1.807, 2.05) is 11.4 Å². The van der Waals surface area contributed by atoms with Crippen molar-refractivity contribution < 1.29 is 4.79 Å². The molecule has 0 bridgehead atoms. The van der Waals surface area contributed by atoms with Crippen LogP contribution in [0.3, 0.4) is 0 Å². The van der Waals surface area contributed by atoms with Gasteiger partial charge in [0.15, 0.2) is 5.82 Å². The van der Waals surface area contributed by atoms with Gasteiger partial charge >= 0.3 is 0 Å². The summed E-state index contributed by atoms with van der Waals surface area (Å²) in [5.41, 5.74) is 4.50. The standard InChI is InChI=1S/C17H16N4OS/c1-10-4-2-5-11(8-10)17-20-13(9-23-17)15-19-12-6-3-7-18-16(22)14(12)21-15/h2,4-5,8-9H,3,6-7H2,1H3,(H,18,22)(H,19,21). The number of hydrogen-bond donors (Lipinski definition) is 2. The zero-order valence-electron chi connectivity index (χ0n) is 12.7. The van der Waals surface area contributed by atoms with Crippen LogP contribution in [0.25, 0.3) is 22.1 Å². The van der Waals surface area contributed by atoms with Gasteiger partial charge < -0.3 is 10.3 Å². The summed E-state index contributed by atoms with van der Waals surface area (Å²) in [7, 11) is 0. The van der Waals surface area contributed by atoms with Crippen molar-refractivity contribution in [3.8, 4) is 22.1 Å². The number of nitrogens with zero attached hydrogens (tertiary/aromatic N) is 2. The van der Waals surface area contributed by atoms with Crippen molar-refractivity contribution in [1.29, 1.82) is 0 Å². The van der Waals surface area contributed by atoms with E-state index in [0.29, 0.717) is 18.1 Å². The number of aromatic amines is 1. The first-order chi connectivity index (χ1) is 11.2. The third-order valence-electron chi connectivity index (χ3n) is 3.89. The molecule has 4 rings (SSSR count). The van der Waals surface area contributed by atoms with Crippen molar-refractivity contribution >= 4 is 17.2 Å². The highest BCUT2D eigenvalue weighted by atomic mass is 32.1. The summed E-state index contributed by atoms with van der Waals surface area (Å²) in [6.45, 7) is 2.77. The molecule has 3 aromatic rings. The van der Waals surface area contributed by atoms with Gasteiger partial charge in [-0.2, -0.15) is 0 Å². The molecule has 0 spiro atoms. The smallest absolute Gasteiger partial charge is 0.271 e. The molecular formula is C17H16N4OS. The number of imidazole rings is 1. The molecule has 0 saturated carbocycles. The maximum atomic E-state index is 12.0. The molecule has 2 aromatic heterocycles. The topological polar surface area (TPSA) is 70.7 Å². The summed E-state index contributed by atoms with van der Waals surface area (Å²) in [5.74, 6) is 0.566. The third kappa shape index (κ3) is 2.66. The lowest BCUT2D eigenvalue weighted by molar-refractivity contribution is 0.0951. The molecule has 0 unspecified atom stereocenters. The molecule has 0 atom stereocenters. The van der Waals surface area contributed by atoms with Crippen LogP contribution in [0.2, 0.25) is 0 Å². The molecule has 1 amide bonds. The number of benzene rings is 1. The summed E-state index contributed by atoms with van der Waals surface area (Å²) in [4.78, 5) is 24.4. The van der Waals surface area contributed by atoms with Crippen molar-refractivity contribution in [2.24, 2.45) is 0 Å². The largest absolute Gasteiger partial charge is 0.351 e. The summed E-state index contributed by atoms with van der Waals surface area (Å²) in [6, 6.07) is 8.28. The second kappa shape index (κ2) is 5.62. The predicted octanol–water partition coefficient (Wildman–Crippen LogP) is 3.18. The Labute approximate surface area is 137 Å². The Morgan fingerprint density at radius 3 is 3.04 bits per heavy atom. The number of carbonyl (C=O) groups excluding carboxylic acids is 1. The van der Waals surface area contributed by atoms with Crippen LogP contribution in [-0.4, -0.2) is 27.4 Å². The minimum atomic E-state index is -0.103. The number of thiazole rings is 1. The molecule has 116 valence electrons. The molecule has 3 heterocycles. The Morgan fingerprint density at radius 2 is 2.17 bits per heavy atom. The van der Waals surface area contributed by atoms with Crippen LogP contribution in [0.1, 0.15) is 28.2 Å². The summed E-state index contributed by atoms with van der Waals surface area (Å²) < 4.78 is 0. The second-order valence-electron chi connectivity index (χ2n) is 5.68. The monoisotopic (exact) mass is 324 g/mol. The van der Waals surface area contributed by atoms with Crippen LogP contribution in [-0.2, 0) is 6.42 Å². The van der Waals surface area contributed by atoms with Crippen molar-refractivity contribution in [1.82, 2.24) is 20.3 Å². The minimum absolute atomic E-state index is 0.103. The van der Waals surface area contributed by atoms with Gasteiger partial charge in [-0.15, -0.1) is 11.3 Å². The van der Waals surface area contributed by atoms with Crippen LogP contribution in [0.4, 0.5) is 0 Å². The van der Waals surface area contributed by atoms with Crippen molar-refractivity contribution in [3.05, 3.63) is 46.6 Å². The van der Waals surface area contributed by atoms with E-state index in [9.17, 15) is 4.79 Å². The zero-order chi connectivity index (χ0) is 15.8. The van der Waals surface area contributed by atoms with E-state index in [2.05, 4.69) is 45.4 Å². The van der Waals surface area contributed by atoms with Gasteiger partial charge in [0.1, 0.15) is 16.4 Å². The Bertz CT molecular complexity index is 880. The number of aryl methyl sites for hydroxylation is 2. The van der Waals surface area contributed by atoms with Gasteiger partial charge in [0, 0.05) is 23.2 Å². The number of rotatable bonds is 2. The molecule has 0 fully saturated rings. The van der Waals surface area contributed by atoms with Gasteiger partial charge in [-0.05, 0) is 25.8 Å². The SMILES string of the molecule is Cc1cccc(-c2nc(-c3nc4c([nH]3)CCCNC4=O)cs2)c1. The van der Waals surface area contributed by atoms with E-state index in [1.165, 1.54) is 5.56 Å². The molecule has 0 radical (unpaired) electrons. The van der Waals surface area contributed by atoms with Gasteiger partial charge in [-0.3, -0.25) is 4.79 Å². The number of fused-ring (bicyclic) bond motifs is 1. The first-order valence-electron chi connectivity index (χ1n) is 7.61. The fourth-order valence-corrected chi connectivity index (χ4v) is 3.55. The molecule has 1 aromatic carbocycles. The van der Waals surface area contributed by atoms with Crippen LogP contribution in [0.5, 0.6) is 0 Å². The van der Waals surface area contributed by atoms with Gasteiger partial charge in [0.2, 0.25) is 0 Å². The van der Waals surface area contributed by atoms with E-state index in [1.54, 1.807) is 11.3 Å². The number of carbonyl (C=O) groups is 1. The highest BCUT2D eigenvalue weighted by Crippen LogP contribution is 2.29. The van der Waals surface area contributed by atoms with Crippen LogP contribution in [0, 0.1) is 6.92 Å². The molecule has 0 saturated heterocycles. The normalized spacial score (nSPS) is 14.2. The number of aromatic nitrogens is 3. The Balaban J connectivity index is 1.70. The highest BCUT2D eigenvalue weighted by molar-refractivity contribution is 7.13. The lowest BCUT2D eigenvalue weighted by Crippen LogP contribution is -2.23. The fourth-order valence-electron chi connectivity index (χ4n) is 2.74. The Kier molecular flexibility index (Phi) is 3.46. The zero-order valence-corrected chi connectivity index (χ0v) is 13.5. The number of hydrogen-bond acceptors (Lipinski definition) is 4. The molecule has 2 N–H and O–H groups in total. The molecule has 0 aliphatic carbocycles. The van der Waals surface area contributed by atoms with E-state index in [-0.39, 0.29) is 5.91 Å². The van der Waals surface area contributed by atoms with E-state index < -0.39 is 0 Å². The molecule has 1 aliphatic rings. The second-order valence-corrected chi connectivity index (χ2v) is 6.54. The van der Waals surface area contributed by atoms with Gasteiger partial charge in [-0.1, -0.05) is 23.8 Å². The Morgan fingerprint density at radius 1 is 1.26 bits per heavy atom. The van der Waals surface area contributed by atoms with Crippen LogP contribution >= 0.6 is 11.3 Å². The Hall–Kier alpha value is -2.47. The fraction of sp³-hybridized carbons (Fsp3) is 0.235. The van der Waals surface area contributed by atoms with E-state index in [4.69, 9.17) is 0 Å². The average Bonchev–Trinajstić information content (AvgIpc) is 3.15. The molecule has 1 aliphatic heterocycles. The van der Waals surface area contributed by atoms with Crippen molar-refractivity contribution in [3.63, 3.8) is 0 Å². The lowest BCUT2D eigenvalue weighted by atomic mass is 10.1. The maximum Gasteiger partial charge on any atom is 0.271 e. The van der Waals surface area contributed by atoms with E-state index in [0.717, 1.165) is 34.8 Å². The summed E-state index contributed by atoms with van der Waals surface area (Å²) >= 11 is 1.59. The number of H-pyrrole nitrogens is 1. The van der Waals surface area contributed by atoms with Gasteiger partial charge in [0.05, 0.1) is 0 Å². The van der Waals surface area contributed by atoms with Crippen LogP contribution < -0.4 is 5.32 Å². The molecule has 6 heteroatoms. The minimum Gasteiger partial charge on any atom is -0.351 e. The molecule has 5 nitrogen and oxygen atoms in total. The van der Waals surface area contributed by atoms with Crippen molar-refractivity contribution in [2.45, 2.75) is 19.8 Å². The van der Waals surface area contributed by atoms with Crippen molar-refractivity contribution in [2.75, 3.05) is 6.54 Å². The number of nitrogens with one attached hydrogen (secondary N) is 2. The van der Waals surface area contributed by atoms with Gasteiger partial charge in [-0.25, -0.2) is 9.97 Å². The molecule has 23 heavy (non-hydrogen) atoms. The maximum absolute atomic E-state index is 12.0. The quantitative estimate of drug-likeness (QED) is 0.760. The average molecular weight is 324 g/mol. The predicted molar refractivity (Wildman–Crippen MR) is 90.5 cm³/mol. The van der Waals surface area contributed by atoms with E-state index >= 15 is 0 Å². The third-order valence-corrected chi connectivity index (χ3v) is 4.79. The van der Waals surface area contributed by atoms with Gasteiger partial charge in [0.25, 0.3) is 5.91 Å². The summed E-state index contributed by atoms with van der Waals surface area (Å²) in [5, 5.41) is 5.80. The first kappa shape index (κ1) is 14.1. The lowest BCUT2D eigenvalue weighted by Gasteiger charge is -1.97. The van der Waals surface area contributed by atoms with Crippen LogP contribution in [0.15, 0.2) is 29.6 Å². The highest BCUT2D eigenvalue weighted by Gasteiger charge is 2.21. The first-order valence-corrected chi connectivity index (χ1v) is 8.49.